The zero-order chi connectivity index (χ0) is 38.8. The number of nitrogens with zero attached hydrogens (tertiary/aromatic N) is 4. The molecule has 52 heavy (non-hydrogen) atoms. The lowest BCUT2D eigenvalue weighted by molar-refractivity contribution is -0.0339. The van der Waals surface area contributed by atoms with E-state index in [1.807, 2.05) is 0 Å². The molecule has 0 spiro atoms. The van der Waals surface area contributed by atoms with Crippen LogP contribution >= 0.6 is 23.5 Å². The van der Waals surface area contributed by atoms with Gasteiger partial charge in [0.05, 0.1) is 26.5 Å². The lowest BCUT2D eigenvalue weighted by Crippen LogP contribution is -2.25. The average Bonchev–Trinajstić information content (AvgIpc) is 3.70. The van der Waals surface area contributed by atoms with Gasteiger partial charge in [-0.1, -0.05) is 6.08 Å². The lowest BCUT2D eigenvalue weighted by Gasteiger charge is -2.20. The predicted molar refractivity (Wildman–Crippen MR) is 155 cm³/mol. The van der Waals surface area contributed by atoms with E-state index in [4.69, 9.17) is 13.1 Å². The third-order valence-corrected chi connectivity index (χ3v) is 9.18. The van der Waals surface area contributed by atoms with Crippen molar-refractivity contribution in [2.75, 3.05) is 0 Å². The summed E-state index contributed by atoms with van der Waals surface area (Å²) in [5, 5.41) is 17.5. The number of thioether (sulfide) groups is 2. The molecule has 0 saturated heterocycles. The van der Waals surface area contributed by atoms with Gasteiger partial charge in [0, 0.05) is 6.42 Å². The van der Waals surface area contributed by atoms with E-state index in [2.05, 4.69) is 9.69 Å². The molecule has 5 rings (SSSR count). The Bertz CT molecular complexity index is 2260. The van der Waals surface area contributed by atoms with E-state index in [1.54, 1.807) is 0 Å². The van der Waals surface area contributed by atoms with E-state index in [0.717, 1.165) is 12.2 Å². The van der Waals surface area contributed by atoms with Gasteiger partial charge < -0.3 is 0 Å². The zero-order valence-electron chi connectivity index (χ0n) is 24.5. The molecule has 0 unspecified atom stereocenters. The van der Waals surface area contributed by atoms with Gasteiger partial charge in [-0.05, 0) is 74.3 Å². The molecule has 4 nitrogen and oxygen atoms in total. The fourth-order valence-electron chi connectivity index (χ4n) is 5.70. The summed E-state index contributed by atoms with van der Waals surface area (Å²) in [6.45, 7) is 14.6. The van der Waals surface area contributed by atoms with Crippen molar-refractivity contribution < 1.29 is 61.5 Å². The quantitative estimate of drug-likeness (QED) is 0.0872. The largest absolute Gasteiger partial charge is 0.522 e. The monoisotopic (exact) mass is 776 g/mol. The molecule has 0 bridgehead atoms. The summed E-state index contributed by atoms with van der Waals surface area (Å²) in [6.07, 6.45) is -0.268. The number of allylic oxidation sites excluding steroid dienone is 3. The SMILES string of the molecule is [C-]#[N+]C([N+]#[C-])=C1C=c2c(c(-c3c(F)c(F)c(SC(F)(F)F)c(F)c3F)c3c(c2-c2c(F)c(F)c(SC(F)(F)F)c(F)c2F)CC(=C(C#N)C#N)C=3)C1. The first kappa shape index (κ1) is 37.8. The first-order valence-corrected chi connectivity index (χ1v) is 15.0. The van der Waals surface area contributed by atoms with Crippen LogP contribution in [-0.2, 0) is 12.8 Å². The minimum atomic E-state index is -5.47. The topological polar surface area (TPSA) is 56.3 Å². The van der Waals surface area contributed by atoms with Gasteiger partial charge >= 0.3 is 16.8 Å². The van der Waals surface area contributed by atoms with Crippen LogP contribution in [0, 0.1) is 82.3 Å². The summed E-state index contributed by atoms with van der Waals surface area (Å²) in [6, 6.07) is 2.86. The van der Waals surface area contributed by atoms with E-state index in [1.165, 1.54) is 12.1 Å². The van der Waals surface area contributed by atoms with Crippen LogP contribution < -0.4 is 10.4 Å². The molecule has 0 aliphatic heterocycles. The Morgan fingerprint density at radius 2 is 0.885 bits per heavy atom. The van der Waals surface area contributed by atoms with Crippen LogP contribution in [0.2, 0.25) is 0 Å². The van der Waals surface area contributed by atoms with E-state index in [-0.39, 0.29) is 0 Å². The van der Waals surface area contributed by atoms with Crippen LogP contribution in [0.3, 0.4) is 0 Å². The van der Waals surface area contributed by atoms with E-state index in [0.29, 0.717) is 0 Å². The van der Waals surface area contributed by atoms with E-state index < -0.39 is 170 Å². The highest BCUT2D eigenvalue weighted by molar-refractivity contribution is 8.00. The molecule has 2 aliphatic carbocycles. The Morgan fingerprint density at radius 3 is 1.19 bits per heavy atom. The van der Waals surface area contributed by atoms with Crippen molar-refractivity contribution in [1.82, 2.24) is 0 Å². The maximum atomic E-state index is 15.8. The van der Waals surface area contributed by atoms with Crippen molar-refractivity contribution in [2.45, 2.75) is 33.6 Å². The van der Waals surface area contributed by atoms with Crippen molar-refractivity contribution in [3.05, 3.63) is 113 Å². The molecular weight excluding hydrogens is 770 g/mol. The van der Waals surface area contributed by atoms with Crippen LogP contribution in [0.5, 0.6) is 0 Å². The minimum Gasteiger partial charge on any atom is -0.203 e. The molecule has 0 radical (unpaired) electrons. The third kappa shape index (κ3) is 6.22. The van der Waals surface area contributed by atoms with Crippen molar-refractivity contribution in [3.8, 4) is 34.4 Å². The van der Waals surface area contributed by atoms with Gasteiger partial charge in [-0.25, -0.2) is 35.1 Å². The Kier molecular flexibility index (Phi) is 9.65. The highest BCUT2D eigenvalue weighted by Gasteiger charge is 2.41. The Balaban J connectivity index is 2.07. The van der Waals surface area contributed by atoms with Crippen LogP contribution in [0.25, 0.3) is 44.1 Å². The summed E-state index contributed by atoms with van der Waals surface area (Å²) >= 11 is -3.11. The smallest absolute Gasteiger partial charge is 0.203 e. The molecule has 264 valence electrons. The molecule has 0 aromatic heterocycles. The molecule has 3 aromatic carbocycles. The second kappa shape index (κ2) is 13.3. The first-order chi connectivity index (χ1) is 24.2. The van der Waals surface area contributed by atoms with Gasteiger partial charge in [0.1, 0.15) is 30.9 Å². The fraction of sp³-hybridized carbons (Fsp3) is 0.125. The highest BCUT2D eigenvalue weighted by Crippen LogP contribution is 2.47. The van der Waals surface area contributed by atoms with E-state index in [9.17, 15) is 36.9 Å². The van der Waals surface area contributed by atoms with Gasteiger partial charge in [-0.3, -0.25) is 0 Å². The number of hydrogen-bond donors (Lipinski definition) is 0. The third-order valence-electron chi connectivity index (χ3n) is 7.59. The zero-order valence-corrected chi connectivity index (χ0v) is 26.1. The van der Waals surface area contributed by atoms with Crippen molar-refractivity contribution in [3.63, 3.8) is 0 Å². The minimum absolute atomic E-state index is 0.423. The number of halogens is 14. The average molecular weight is 777 g/mol. The molecule has 2 aliphatic rings. The number of nitriles is 2. The highest BCUT2D eigenvalue weighted by atomic mass is 32.2. The standard InChI is InChI=1S/C32H6F14N4S2/c1-49-30(50-2)10-5-14-15(6-10)17(19-22(35)26(39)29(27(40)23(19)36)52-32(44,45)46)13-4-9(11(7-47)8-48)3-12(13)16(14)18-20(33)24(37)28(25(38)21(18)34)51-31(41,42)43/h3,6H,4-5H2. The number of alkyl halides is 6. The van der Waals surface area contributed by atoms with Crippen molar-refractivity contribution in [2.24, 2.45) is 0 Å². The second-order valence-electron chi connectivity index (χ2n) is 10.4. The Morgan fingerprint density at radius 1 is 0.558 bits per heavy atom. The molecular formula is C32H6F14N4S2. The Labute approximate surface area is 288 Å². The maximum Gasteiger partial charge on any atom is 0.522 e. The maximum absolute atomic E-state index is 15.8. The van der Waals surface area contributed by atoms with Crippen molar-refractivity contribution >= 4 is 35.7 Å². The van der Waals surface area contributed by atoms with Gasteiger partial charge in [0.2, 0.25) is 0 Å². The molecule has 0 atom stereocenters. The molecule has 0 amide bonds. The molecule has 20 heteroatoms. The second-order valence-corrected chi connectivity index (χ2v) is 12.5. The number of rotatable bonds is 4. The first-order valence-electron chi connectivity index (χ1n) is 13.4. The molecule has 0 saturated carbocycles. The summed E-state index contributed by atoms with van der Waals surface area (Å²) < 4.78 is 202. The number of fused-ring (bicyclic) bond motifs is 2. The van der Waals surface area contributed by atoms with Crippen molar-refractivity contribution in [1.29, 1.82) is 10.5 Å². The summed E-state index contributed by atoms with van der Waals surface area (Å²) in [4.78, 5) is 1.53. The fourth-order valence-corrected chi connectivity index (χ4v) is 6.88. The van der Waals surface area contributed by atoms with Crippen LogP contribution in [-0.4, -0.2) is 11.0 Å². The van der Waals surface area contributed by atoms with Crippen LogP contribution in [0.15, 0.2) is 32.3 Å². The summed E-state index contributed by atoms with van der Waals surface area (Å²) in [7, 11) is 0. The molecule has 0 N–H and O–H groups in total. The molecule has 0 fully saturated rings. The number of benzene rings is 3. The number of hydrogen-bond acceptors (Lipinski definition) is 4. The van der Waals surface area contributed by atoms with Gasteiger partial charge in [0.15, 0.2) is 46.5 Å². The summed E-state index contributed by atoms with van der Waals surface area (Å²) in [5.74, 6) is -20.9. The van der Waals surface area contributed by atoms with Crippen LogP contribution in [0.4, 0.5) is 61.5 Å². The summed E-state index contributed by atoms with van der Waals surface area (Å²) in [5.41, 5.74) is -19.5. The normalized spacial score (nSPS) is 13.3. The lowest BCUT2D eigenvalue weighted by atomic mass is 9.86. The van der Waals surface area contributed by atoms with Gasteiger partial charge in [-0.2, -0.15) is 46.6 Å². The van der Waals surface area contributed by atoms with Gasteiger partial charge in [0.25, 0.3) is 0 Å². The van der Waals surface area contributed by atoms with Crippen LogP contribution in [0.1, 0.15) is 11.1 Å². The Hall–Kier alpha value is -5.44. The molecule has 0 heterocycles. The molecule has 3 aromatic rings. The predicted octanol–water partition coefficient (Wildman–Crippen LogP) is 9.42. The van der Waals surface area contributed by atoms with E-state index >= 15 is 35.1 Å². The van der Waals surface area contributed by atoms with Gasteiger partial charge in [-0.15, -0.1) is 0 Å².